The number of ether oxygens (including phenoxy) is 2. The average Bonchev–Trinajstić information content (AvgIpc) is 2.73. The minimum atomic E-state index is -1.80. The molecule has 10 heteroatoms. The average molecular weight is 401 g/mol. The van der Waals surface area contributed by atoms with Gasteiger partial charge in [0.1, 0.15) is 11.8 Å². The number of nitrogens with one attached hydrogen (secondary N) is 2. The molecule has 0 spiro atoms. The smallest absolute Gasteiger partial charge is 0.475 e. The Labute approximate surface area is 169 Å². The number of carbonyl (C=O) groups excluding carboxylic acids is 2. The van der Waals surface area contributed by atoms with Crippen LogP contribution in [0.4, 0.5) is 0 Å². The minimum Gasteiger partial charge on any atom is -0.494 e. The topological polar surface area (TPSA) is 130 Å². The van der Waals surface area contributed by atoms with Gasteiger partial charge < -0.3 is 30.2 Å². The van der Waals surface area contributed by atoms with E-state index >= 15 is 0 Å². The highest BCUT2D eigenvalue weighted by Crippen LogP contribution is 2.09. The van der Waals surface area contributed by atoms with Crippen LogP contribution >= 0.6 is 0 Å². The van der Waals surface area contributed by atoms with Crippen molar-refractivity contribution < 1.29 is 29.1 Å². The van der Waals surface area contributed by atoms with Crippen molar-refractivity contribution in [3.8, 4) is 5.75 Å². The lowest BCUT2D eigenvalue weighted by Gasteiger charge is -2.22. The van der Waals surface area contributed by atoms with Crippen molar-refractivity contribution >= 4 is 18.9 Å². The number of rotatable bonds is 11. The van der Waals surface area contributed by atoms with Gasteiger partial charge in [-0.1, -0.05) is 18.2 Å². The molecule has 0 aliphatic rings. The lowest BCUT2D eigenvalue weighted by molar-refractivity contribution is -0.124. The lowest BCUT2D eigenvalue weighted by atomic mass is 9.77. The number of hydrogen-bond acceptors (Lipinski definition) is 7. The Balaban J connectivity index is 1.92. The predicted octanol–water partition coefficient (Wildman–Crippen LogP) is -0.208. The van der Waals surface area contributed by atoms with Crippen molar-refractivity contribution in [3.05, 3.63) is 60.4 Å². The maximum atomic E-state index is 12.6. The molecular weight excluding hydrogens is 377 g/mol. The quantitative estimate of drug-likeness (QED) is 0.384. The molecule has 2 atom stereocenters. The molecule has 0 saturated heterocycles. The van der Waals surface area contributed by atoms with Gasteiger partial charge in [0.25, 0.3) is 5.91 Å². The van der Waals surface area contributed by atoms with Crippen LogP contribution in [0.25, 0.3) is 0 Å². The fraction of sp³-hybridized carbons (Fsp3) is 0.316. The first-order valence-corrected chi connectivity index (χ1v) is 9.05. The first-order valence-electron chi connectivity index (χ1n) is 9.05. The van der Waals surface area contributed by atoms with Crippen molar-refractivity contribution in [1.82, 2.24) is 15.6 Å². The molecule has 1 heterocycles. The zero-order chi connectivity index (χ0) is 21.1. The monoisotopic (exact) mass is 401 g/mol. The number of pyridine rings is 1. The standard InChI is InChI=1S/C19H24BN3O6/c1-28-13-16(22-18(24)14-6-5-10-21-12-14)19(25)23-17(20(26)27)9-11-29-15-7-3-2-4-8-15/h2-8,10,12,16-17,26-27H,9,11,13H2,1H3,(H,22,24)(H,23,25). The maximum absolute atomic E-state index is 12.6. The summed E-state index contributed by atoms with van der Waals surface area (Å²) in [7, 11) is -0.404. The zero-order valence-electron chi connectivity index (χ0n) is 16.0. The van der Waals surface area contributed by atoms with Gasteiger partial charge in [0.05, 0.1) is 24.7 Å². The van der Waals surface area contributed by atoms with E-state index in [0.717, 1.165) is 0 Å². The van der Waals surface area contributed by atoms with E-state index in [2.05, 4.69) is 15.6 Å². The molecule has 9 nitrogen and oxygen atoms in total. The van der Waals surface area contributed by atoms with Crippen LogP contribution in [0.3, 0.4) is 0 Å². The molecule has 0 fully saturated rings. The second kappa shape index (κ2) is 11.8. The van der Waals surface area contributed by atoms with E-state index in [4.69, 9.17) is 9.47 Å². The third kappa shape index (κ3) is 7.53. The normalized spacial score (nSPS) is 12.5. The van der Waals surface area contributed by atoms with E-state index in [1.165, 1.54) is 19.5 Å². The molecule has 0 aliphatic heterocycles. The molecule has 4 N–H and O–H groups in total. The molecule has 0 aliphatic carbocycles. The number of methoxy groups -OCH3 is 1. The van der Waals surface area contributed by atoms with Gasteiger partial charge in [-0.3, -0.25) is 14.6 Å². The predicted molar refractivity (Wildman–Crippen MR) is 106 cm³/mol. The molecule has 29 heavy (non-hydrogen) atoms. The maximum Gasteiger partial charge on any atom is 0.475 e. The van der Waals surface area contributed by atoms with Crippen molar-refractivity contribution in [2.45, 2.75) is 18.4 Å². The molecule has 0 bridgehead atoms. The highest BCUT2D eigenvalue weighted by atomic mass is 16.5. The lowest BCUT2D eigenvalue weighted by Crippen LogP contribution is -2.55. The summed E-state index contributed by atoms with van der Waals surface area (Å²) in [6.45, 7) is 0.0656. The van der Waals surface area contributed by atoms with Crippen LogP contribution in [0, 0.1) is 0 Å². The van der Waals surface area contributed by atoms with Crippen molar-refractivity contribution in [3.63, 3.8) is 0 Å². The van der Waals surface area contributed by atoms with Crippen molar-refractivity contribution in [1.29, 1.82) is 0 Å². The largest absolute Gasteiger partial charge is 0.494 e. The van der Waals surface area contributed by atoms with E-state index in [9.17, 15) is 19.6 Å². The van der Waals surface area contributed by atoms with Crippen molar-refractivity contribution in [2.75, 3.05) is 20.3 Å². The number of amides is 2. The number of hydrogen-bond donors (Lipinski definition) is 4. The Kier molecular flexibility index (Phi) is 9.09. The summed E-state index contributed by atoms with van der Waals surface area (Å²) >= 11 is 0. The number of para-hydroxylation sites is 1. The third-order valence-electron chi connectivity index (χ3n) is 4.01. The number of aromatic nitrogens is 1. The summed E-state index contributed by atoms with van der Waals surface area (Å²) in [6.07, 6.45) is 3.05. The van der Waals surface area contributed by atoms with Crippen molar-refractivity contribution in [2.24, 2.45) is 0 Å². The van der Waals surface area contributed by atoms with Crippen LogP contribution in [0.5, 0.6) is 5.75 Å². The van der Waals surface area contributed by atoms with Gasteiger partial charge >= 0.3 is 7.12 Å². The summed E-state index contributed by atoms with van der Waals surface area (Å²) in [5.41, 5.74) is 0.288. The van der Waals surface area contributed by atoms with Crippen LogP contribution in [-0.4, -0.2) is 66.3 Å². The van der Waals surface area contributed by atoms with Crippen LogP contribution in [0.15, 0.2) is 54.9 Å². The molecule has 1 aromatic heterocycles. The summed E-state index contributed by atoms with van der Waals surface area (Å²) in [5, 5.41) is 24.2. The second-order valence-corrected chi connectivity index (χ2v) is 6.20. The van der Waals surface area contributed by atoms with E-state index in [1.54, 1.807) is 24.3 Å². The highest BCUT2D eigenvalue weighted by Gasteiger charge is 2.29. The van der Waals surface area contributed by atoms with Gasteiger partial charge in [-0.25, -0.2) is 0 Å². The summed E-state index contributed by atoms with van der Waals surface area (Å²) in [6, 6.07) is 11.2. The fourth-order valence-corrected chi connectivity index (χ4v) is 2.49. The van der Waals surface area contributed by atoms with E-state index in [-0.39, 0.29) is 25.2 Å². The first-order chi connectivity index (χ1) is 14.0. The Morgan fingerprint density at radius 1 is 1.14 bits per heavy atom. The minimum absolute atomic E-state index is 0.0907. The Morgan fingerprint density at radius 3 is 2.52 bits per heavy atom. The Hall–Kier alpha value is -2.95. The second-order valence-electron chi connectivity index (χ2n) is 6.20. The van der Waals surface area contributed by atoms with Gasteiger partial charge in [-0.05, 0) is 24.3 Å². The Morgan fingerprint density at radius 2 is 1.90 bits per heavy atom. The molecule has 1 aromatic carbocycles. The molecule has 2 aromatic rings. The van der Waals surface area contributed by atoms with Crippen LogP contribution in [0.1, 0.15) is 16.8 Å². The van der Waals surface area contributed by atoms with Crippen LogP contribution in [0.2, 0.25) is 0 Å². The molecule has 2 rings (SSSR count). The van der Waals surface area contributed by atoms with Gasteiger partial charge in [-0.2, -0.15) is 0 Å². The first kappa shape index (κ1) is 22.3. The number of benzene rings is 1. The number of carbonyl (C=O) groups is 2. The van der Waals surface area contributed by atoms with Gasteiger partial charge in [0.15, 0.2) is 0 Å². The van der Waals surface area contributed by atoms with E-state index in [0.29, 0.717) is 5.75 Å². The number of nitrogens with zero attached hydrogens (tertiary/aromatic N) is 1. The Bertz CT molecular complexity index is 763. The van der Waals surface area contributed by atoms with Crippen LogP contribution < -0.4 is 15.4 Å². The molecule has 154 valence electrons. The fourth-order valence-electron chi connectivity index (χ4n) is 2.49. The molecule has 0 radical (unpaired) electrons. The third-order valence-corrected chi connectivity index (χ3v) is 4.01. The van der Waals surface area contributed by atoms with Crippen LogP contribution in [-0.2, 0) is 9.53 Å². The molecule has 2 unspecified atom stereocenters. The molecular formula is C19H24BN3O6. The van der Waals surface area contributed by atoms with E-state index in [1.807, 2.05) is 18.2 Å². The summed E-state index contributed by atoms with van der Waals surface area (Å²) < 4.78 is 10.5. The zero-order valence-corrected chi connectivity index (χ0v) is 16.0. The van der Waals surface area contributed by atoms with Gasteiger partial charge in [0.2, 0.25) is 5.91 Å². The molecule has 2 amide bonds. The summed E-state index contributed by atoms with van der Waals surface area (Å²) in [4.78, 5) is 28.7. The molecule has 0 saturated carbocycles. The SMILES string of the molecule is COCC(NC(=O)c1cccnc1)C(=O)NC(CCOc1ccccc1)B(O)O. The van der Waals surface area contributed by atoms with E-state index < -0.39 is 30.9 Å². The summed E-state index contributed by atoms with van der Waals surface area (Å²) in [5.74, 6) is -1.46. The van der Waals surface area contributed by atoms with Gasteiger partial charge in [-0.15, -0.1) is 0 Å². The van der Waals surface area contributed by atoms with Gasteiger partial charge in [0, 0.05) is 25.9 Å². The highest BCUT2D eigenvalue weighted by molar-refractivity contribution is 6.43.